The number of hydrogen-bond donors (Lipinski definition) is 7. The Hall–Kier alpha value is -7.80. The number of carboxylic acids is 1. The summed E-state index contributed by atoms with van der Waals surface area (Å²) in [6.07, 6.45) is -0.227. The van der Waals surface area contributed by atoms with Crippen molar-refractivity contribution in [2.75, 3.05) is 19.7 Å². The minimum atomic E-state index is -4.43. The SMILES string of the molecule is CC(C)[C@H](NC(=O)CC(=O)O)C(=O)N1CCCC1C(=O)N[C@H](C(=O)C(F)(F)C(=O)NCc1ccccc1)C(C)C.CCOC(=O)CC(=O)N[C@H](C(=O)N1CCCC1C(=O)N[C@H](C(=O)C(F)(F)C(=O)NCc1ccccc1)C(C)C)C(C)C. The third-order valence-electron chi connectivity index (χ3n) is 13.4. The largest absolute Gasteiger partial charge is 0.481 e. The molecule has 0 bridgehead atoms. The van der Waals surface area contributed by atoms with Gasteiger partial charge in [0.1, 0.15) is 37.0 Å². The van der Waals surface area contributed by atoms with Gasteiger partial charge in [0, 0.05) is 26.2 Å². The highest BCUT2D eigenvalue weighted by Crippen LogP contribution is 2.27. The molecule has 26 heteroatoms. The molecule has 452 valence electrons. The summed E-state index contributed by atoms with van der Waals surface area (Å²) < 4.78 is 64.5. The highest BCUT2D eigenvalue weighted by Gasteiger charge is 2.53. The van der Waals surface area contributed by atoms with E-state index in [-0.39, 0.29) is 45.6 Å². The maximum Gasteiger partial charge on any atom is 0.383 e. The molecule has 0 radical (unpaired) electrons. The predicted octanol–water partition coefficient (Wildman–Crippen LogP) is 2.99. The predicted molar refractivity (Wildman–Crippen MR) is 287 cm³/mol. The van der Waals surface area contributed by atoms with E-state index in [1.807, 2.05) is 5.32 Å². The average Bonchev–Trinajstić information content (AvgIpc) is 4.13. The molecule has 0 aromatic heterocycles. The maximum atomic E-state index is 15.0. The van der Waals surface area contributed by atoms with Gasteiger partial charge in [-0.15, -0.1) is 0 Å². The molecule has 2 aliphatic rings. The molecule has 2 heterocycles. The minimum Gasteiger partial charge on any atom is -0.481 e. The van der Waals surface area contributed by atoms with Crippen molar-refractivity contribution in [2.45, 2.75) is 162 Å². The summed E-state index contributed by atoms with van der Waals surface area (Å²) in [5.74, 6) is -25.1. The Morgan fingerprint density at radius 2 is 0.878 bits per heavy atom. The summed E-state index contributed by atoms with van der Waals surface area (Å²) in [4.78, 5) is 153. The van der Waals surface area contributed by atoms with Crippen molar-refractivity contribution in [1.29, 1.82) is 0 Å². The van der Waals surface area contributed by atoms with Gasteiger partial charge in [-0.1, -0.05) is 116 Å². The summed E-state index contributed by atoms with van der Waals surface area (Å²) in [6, 6.07) is 8.79. The number of Topliss-reactive ketones (excluding diaryl/α,β-unsaturated/α-hetero) is 2. The molecule has 22 nitrogen and oxygen atoms in total. The number of likely N-dealkylation sites (tertiary alicyclic amines) is 2. The standard InChI is InChI=1S/C29H40F2N4O7.C27H36F2N4O7/c1-6-42-22(37)15-21(36)33-24(18(4)5)27(40)35-14-10-13-20(35)26(39)34-23(17(2)3)25(38)29(30,31)28(41)32-16-19-11-8-7-9-12-19;1-15(2)21(23(37)27(28,29)26(40)30-14-17-9-6-5-7-10-17)32-24(38)18-11-8-12-33(18)25(39)22(16(3)4)31-19(34)13-20(35)36/h7-9,11-12,17-18,20,23-24H,6,10,13-16H2,1-5H3,(H,32,41)(H,33,36)(H,34,39);5-7,9-10,15-16,18,21-22H,8,11-14H2,1-4H3,(H,30,40)(H,31,34)(H,32,38)(H,35,36)/t20?,23-,24-;18?,21-,22-/m00/s1. The molecule has 2 saturated heterocycles. The Labute approximate surface area is 473 Å². The number of rotatable bonds is 27. The molecule has 0 spiro atoms. The van der Waals surface area contributed by atoms with Crippen molar-refractivity contribution < 1.29 is 84.9 Å². The lowest BCUT2D eigenvalue weighted by Crippen LogP contribution is -2.60. The molecule has 2 fully saturated rings. The van der Waals surface area contributed by atoms with Crippen LogP contribution in [0.2, 0.25) is 0 Å². The molecule has 4 rings (SSSR count). The van der Waals surface area contributed by atoms with Gasteiger partial charge in [0.25, 0.3) is 11.8 Å². The molecular weight excluding hydrogens is 1080 g/mol. The van der Waals surface area contributed by atoms with Gasteiger partial charge in [0.15, 0.2) is 0 Å². The van der Waals surface area contributed by atoms with Gasteiger partial charge in [0.05, 0.1) is 18.7 Å². The molecule has 2 unspecified atom stereocenters. The minimum absolute atomic E-state index is 0.0907. The topological polar surface area (TPSA) is 313 Å². The number of alkyl halides is 4. The van der Waals surface area contributed by atoms with Crippen LogP contribution < -0.4 is 31.9 Å². The second-order valence-corrected chi connectivity index (χ2v) is 21.2. The maximum absolute atomic E-state index is 15.0. The summed E-state index contributed by atoms with van der Waals surface area (Å²) >= 11 is 0. The van der Waals surface area contributed by atoms with E-state index >= 15 is 0 Å². The zero-order valence-corrected chi connectivity index (χ0v) is 47.5. The monoisotopic (exact) mass is 1160 g/mol. The summed E-state index contributed by atoms with van der Waals surface area (Å²) in [5, 5.41) is 22.5. The van der Waals surface area contributed by atoms with Gasteiger partial charge in [-0.05, 0) is 67.4 Å². The van der Waals surface area contributed by atoms with E-state index in [1.165, 1.54) is 37.5 Å². The van der Waals surface area contributed by atoms with Gasteiger partial charge in [-0.3, -0.25) is 57.5 Å². The number of esters is 1. The van der Waals surface area contributed by atoms with Crippen LogP contribution in [0.1, 0.15) is 112 Å². The normalized spacial score (nSPS) is 16.6. The second kappa shape index (κ2) is 31.4. The molecule has 0 saturated carbocycles. The number of benzene rings is 2. The van der Waals surface area contributed by atoms with E-state index < -0.39 is 155 Å². The van der Waals surface area contributed by atoms with E-state index in [0.29, 0.717) is 24.0 Å². The number of carbonyl (C=O) groups is 12. The highest BCUT2D eigenvalue weighted by atomic mass is 19.3. The van der Waals surface area contributed by atoms with Crippen molar-refractivity contribution in [3.05, 3.63) is 71.8 Å². The lowest BCUT2D eigenvalue weighted by atomic mass is 9.94. The third kappa shape index (κ3) is 19.4. The number of ketones is 2. The van der Waals surface area contributed by atoms with E-state index in [2.05, 4.69) is 26.6 Å². The highest BCUT2D eigenvalue weighted by molar-refractivity contribution is 6.12. The van der Waals surface area contributed by atoms with Crippen LogP contribution >= 0.6 is 0 Å². The van der Waals surface area contributed by atoms with Crippen LogP contribution in [0.25, 0.3) is 0 Å². The Kier molecular flexibility index (Phi) is 26.2. The quantitative estimate of drug-likeness (QED) is 0.0385. The van der Waals surface area contributed by atoms with Gasteiger partial charge < -0.3 is 51.5 Å². The van der Waals surface area contributed by atoms with E-state index in [0.717, 1.165) is 0 Å². The average molecular weight is 1160 g/mol. The van der Waals surface area contributed by atoms with Crippen molar-refractivity contribution in [1.82, 2.24) is 41.7 Å². The number of aliphatic carboxylic acids is 1. The van der Waals surface area contributed by atoms with Crippen molar-refractivity contribution in [2.24, 2.45) is 23.7 Å². The number of carboxylic acid groups (broad SMARTS) is 1. The Morgan fingerprint density at radius 1 is 0.537 bits per heavy atom. The van der Waals surface area contributed by atoms with Crippen molar-refractivity contribution in [3.63, 3.8) is 0 Å². The first-order valence-electron chi connectivity index (χ1n) is 27.0. The molecule has 6 atom stereocenters. The molecule has 7 N–H and O–H groups in total. The van der Waals surface area contributed by atoms with Crippen molar-refractivity contribution in [3.8, 4) is 0 Å². The van der Waals surface area contributed by atoms with E-state index in [9.17, 15) is 75.1 Å². The van der Waals surface area contributed by atoms with Crippen LogP contribution in [0.3, 0.4) is 0 Å². The Balaban J connectivity index is 0.000000431. The first-order valence-corrected chi connectivity index (χ1v) is 27.0. The smallest absolute Gasteiger partial charge is 0.383 e. The zero-order valence-electron chi connectivity index (χ0n) is 47.5. The van der Waals surface area contributed by atoms with Crippen LogP contribution in [-0.4, -0.2) is 153 Å². The fraction of sp³-hybridized carbons (Fsp3) is 0.571. The number of amides is 8. The van der Waals surface area contributed by atoms with Crippen LogP contribution in [0.5, 0.6) is 0 Å². The van der Waals surface area contributed by atoms with Gasteiger partial charge in [-0.2, -0.15) is 17.6 Å². The zero-order chi connectivity index (χ0) is 61.8. The molecule has 82 heavy (non-hydrogen) atoms. The number of nitrogens with one attached hydrogen (secondary N) is 6. The number of carbonyl (C=O) groups excluding carboxylic acids is 11. The molecule has 2 aromatic rings. The van der Waals surface area contributed by atoms with Crippen molar-refractivity contribution >= 4 is 70.8 Å². The molecular formula is C56H76F4N8O14. The number of ether oxygens (including phenoxy) is 1. The summed E-state index contributed by atoms with van der Waals surface area (Å²) in [7, 11) is 0. The van der Waals surface area contributed by atoms with Crippen LogP contribution in [0.4, 0.5) is 17.6 Å². The first kappa shape index (κ1) is 68.5. The third-order valence-corrected chi connectivity index (χ3v) is 13.4. The molecule has 0 aliphatic carbocycles. The van der Waals surface area contributed by atoms with Gasteiger partial charge in [0.2, 0.25) is 47.0 Å². The van der Waals surface area contributed by atoms with Crippen LogP contribution in [-0.2, 0) is 75.4 Å². The van der Waals surface area contributed by atoms with Gasteiger partial charge in [-0.25, -0.2) is 0 Å². The number of hydrogen-bond acceptors (Lipinski definition) is 13. The van der Waals surface area contributed by atoms with E-state index in [1.54, 1.807) is 95.3 Å². The molecule has 8 amide bonds. The van der Waals surface area contributed by atoms with Crippen LogP contribution in [0, 0.1) is 23.7 Å². The fourth-order valence-electron chi connectivity index (χ4n) is 8.88. The second-order valence-electron chi connectivity index (χ2n) is 21.2. The summed E-state index contributed by atoms with van der Waals surface area (Å²) in [5.41, 5.74) is 1.11. The van der Waals surface area contributed by atoms with Gasteiger partial charge >= 0.3 is 23.8 Å². The van der Waals surface area contributed by atoms with E-state index in [4.69, 9.17) is 9.84 Å². The Bertz CT molecular complexity index is 2610. The van der Waals surface area contributed by atoms with Crippen LogP contribution in [0.15, 0.2) is 60.7 Å². The first-order chi connectivity index (χ1) is 38.4. The molecule has 2 aromatic carbocycles. The lowest BCUT2D eigenvalue weighted by Gasteiger charge is -2.32. The summed E-state index contributed by atoms with van der Waals surface area (Å²) in [6.45, 7) is 13.9. The fourth-order valence-corrected chi connectivity index (χ4v) is 8.88. The molecule has 2 aliphatic heterocycles. The Morgan fingerprint density at radius 3 is 1.20 bits per heavy atom. The number of halogens is 4. The lowest BCUT2D eigenvalue weighted by molar-refractivity contribution is -0.162. The number of nitrogens with zero attached hydrogens (tertiary/aromatic N) is 2.